The van der Waals surface area contributed by atoms with Crippen LogP contribution in [0.2, 0.25) is 5.02 Å². The maximum absolute atomic E-state index is 6.15. The van der Waals surface area contributed by atoms with Gasteiger partial charge < -0.3 is 15.0 Å². The minimum atomic E-state index is -0.0610. The van der Waals surface area contributed by atoms with Crippen LogP contribution in [0.5, 0.6) is 5.75 Å². The molecule has 0 saturated heterocycles. The molecule has 0 bridgehead atoms. The summed E-state index contributed by atoms with van der Waals surface area (Å²) >= 11 is 6.15. The predicted octanol–water partition coefficient (Wildman–Crippen LogP) is 3.27. The van der Waals surface area contributed by atoms with Crippen molar-refractivity contribution in [2.45, 2.75) is 39.3 Å². The van der Waals surface area contributed by atoms with Crippen LogP contribution < -0.4 is 10.5 Å². The van der Waals surface area contributed by atoms with Gasteiger partial charge in [0.25, 0.3) is 5.89 Å². The van der Waals surface area contributed by atoms with Crippen molar-refractivity contribution < 1.29 is 9.26 Å². The summed E-state index contributed by atoms with van der Waals surface area (Å²) in [7, 11) is 0. The van der Waals surface area contributed by atoms with Crippen molar-refractivity contribution in [2.75, 3.05) is 0 Å². The Balaban J connectivity index is 1.99. The molecule has 6 heteroatoms. The maximum Gasteiger partial charge on any atom is 0.264 e. The second-order valence-electron chi connectivity index (χ2n) is 4.62. The largest absolute Gasteiger partial charge is 0.482 e. The Morgan fingerprint density at radius 1 is 1.45 bits per heavy atom. The van der Waals surface area contributed by atoms with Crippen molar-refractivity contribution in [1.29, 1.82) is 0 Å². The van der Waals surface area contributed by atoms with E-state index in [1.807, 2.05) is 13.0 Å². The maximum atomic E-state index is 6.15. The number of hydrogen-bond donors (Lipinski definition) is 1. The highest BCUT2D eigenvalue weighted by molar-refractivity contribution is 6.32. The number of aryl methyl sites for hydroxylation is 1. The van der Waals surface area contributed by atoms with Crippen LogP contribution in [0.3, 0.4) is 0 Å². The SMILES string of the molecule is CCCc1noc(COc2ccc(C(C)N)cc2Cl)n1. The van der Waals surface area contributed by atoms with E-state index in [1.165, 1.54) is 0 Å². The van der Waals surface area contributed by atoms with Gasteiger partial charge in [0.2, 0.25) is 0 Å². The average molecular weight is 296 g/mol. The Kier molecular flexibility index (Phi) is 4.98. The highest BCUT2D eigenvalue weighted by atomic mass is 35.5. The molecule has 0 radical (unpaired) electrons. The first-order valence-electron chi connectivity index (χ1n) is 6.59. The molecule has 0 saturated carbocycles. The molecule has 1 aromatic heterocycles. The normalized spacial score (nSPS) is 12.4. The fraction of sp³-hybridized carbons (Fsp3) is 0.429. The lowest BCUT2D eigenvalue weighted by Crippen LogP contribution is -2.05. The van der Waals surface area contributed by atoms with Gasteiger partial charge in [-0.25, -0.2) is 0 Å². The van der Waals surface area contributed by atoms with Gasteiger partial charge in [0.1, 0.15) is 5.75 Å². The van der Waals surface area contributed by atoms with Crippen molar-refractivity contribution in [3.63, 3.8) is 0 Å². The molecule has 1 atom stereocenters. The van der Waals surface area contributed by atoms with Crippen molar-refractivity contribution >= 4 is 11.6 Å². The monoisotopic (exact) mass is 295 g/mol. The number of ether oxygens (including phenoxy) is 1. The third-order valence-electron chi connectivity index (χ3n) is 2.82. The topological polar surface area (TPSA) is 74.2 Å². The molecule has 1 aromatic carbocycles. The summed E-state index contributed by atoms with van der Waals surface area (Å²) in [5.74, 6) is 1.72. The lowest BCUT2D eigenvalue weighted by Gasteiger charge is -2.09. The van der Waals surface area contributed by atoms with Gasteiger partial charge in [0.05, 0.1) is 5.02 Å². The Morgan fingerprint density at radius 2 is 2.25 bits per heavy atom. The van der Waals surface area contributed by atoms with Crippen LogP contribution in [0.4, 0.5) is 0 Å². The highest BCUT2D eigenvalue weighted by Crippen LogP contribution is 2.27. The quantitative estimate of drug-likeness (QED) is 0.885. The Bertz CT molecular complexity index is 569. The van der Waals surface area contributed by atoms with E-state index < -0.39 is 0 Å². The van der Waals surface area contributed by atoms with Crippen LogP contribution in [0.25, 0.3) is 0 Å². The van der Waals surface area contributed by atoms with Gasteiger partial charge in [-0.2, -0.15) is 4.98 Å². The molecule has 0 aliphatic heterocycles. The number of aromatic nitrogens is 2. The highest BCUT2D eigenvalue weighted by Gasteiger charge is 2.09. The second kappa shape index (κ2) is 6.72. The minimum absolute atomic E-state index is 0.0610. The molecule has 0 aliphatic carbocycles. The van der Waals surface area contributed by atoms with Crippen LogP contribution in [-0.4, -0.2) is 10.1 Å². The Hall–Kier alpha value is -1.59. The van der Waals surface area contributed by atoms with Gasteiger partial charge in [0, 0.05) is 12.5 Å². The number of benzene rings is 1. The summed E-state index contributed by atoms with van der Waals surface area (Å²) in [6, 6.07) is 5.43. The van der Waals surface area contributed by atoms with E-state index in [0.717, 1.165) is 18.4 Å². The zero-order valence-corrected chi connectivity index (χ0v) is 12.4. The smallest absolute Gasteiger partial charge is 0.264 e. The van der Waals surface area contributed by atoms with Crippen molar-refractivity contribution in [3.8, 4) is 5.75 Å². The molecular weight excluding hydrogens is 278 g/mol. The van der Waals surface area contributed by atoms with Gasteiger partial charge in [-0.15, -0.1) is 0 Å². The van der Waals surface area contributed by atoms with Crippen molar-refractivity contribution in [2.24, 2.45) is 5.73 Å². The van der Waals surface area contributed by atoms with Gasteiger partial charge in [-0.05, 0) is 31.0 Å². The summed E-state index contributed by atoms with van der Waals surface area (Å²) in [4.78, 5) is 4.22. The summed E-state index contributed by atoms with van der Waals surface area (Å²) in [6.07, 6.45) is 1.78. The van der Waals surface area contributed by atoms with E-state index in [9.17, 15) is 0 Å². The summed E-state index contributed by atoms with van der Waals surface area (Å²) in [5, 5.41) is 4.38. The molecule has 0 aliphatic rings. The third kappa shape index (κ3) is 3.71. The lowest BCUT2D eigenvalue weighted by molar-refractivity contribution is 0.242. The van der Waals surface area contributed by atoms with E-state index in [4.69, 9.17) is 26.6 Å². The van der Waals surface area contributed by atoms with Crippen LogP contribution >= 0.6 is 11.6 Å². The van der Waals surface area contributed by atoms with E-state index in [2.05, 4.69) is 17.1 Å². The molecule has 108 valence electrons. The van der Waals surface area contributed by atoms with Crippen molar-refractivity contribution in [1.82, 2.24) is 10.1 Å². The van der Waals surface area contributed by atoms with E-state index in [-0.39, 0.29) is 12.6 Å². The fourth-order valence-electron chi connectivity index (χ4n) is 1.73. The third-order valence-corrected chi connectivity index (χ3v) is 3.11. The molecule has 2 rings (SSSR count). The molecule has 1 heterocycles. The first-order chi connectivity index (χ1) is 9.60. The van der Waals surface area contributed by atoms with E-state index >= 15 is 0 Å². The molecule has 0 spiro atoms. The summed E-state index contributed by atoms with van der Waals surface area (Å²) < 4.78 is 10.7. The number of nitrogens with two attached hydrogens (primary N) is 1. The van der Waals surface area contributed by atoms with Gasteiger partial charge in [-0.3, -0.25) is 0 Å². The Labute approximate surface area is 123 Å². The number of rotatable bonds is 6. The standard InChI is InChI=1S/C14H18ClN3O2/c1-3-4-13-17-14(20-18-13)8-19-12-6-5-10(9(2)16)7-11(12)15/h5-7,9H,3-4,8,16H2,1-2H3. The first-order valence-corrected chi connectivity index (χ1v) is 6.97. The van der Waals surface area contributed by atoms with Crippen LogP contribution in [0.15, 0.2) is 22.7 Å². The first kappa shape index (κ1) is 14.8. The molecule has 0 amide bonds. The van der Waals surface area contributed by atoms with Gasteiger partial charge in [0.15, 0.2) is 12.4 Å². The average Bonchev–Trinajstić information content (AvgIpc) is 2.85. The molecule has 5 nitrogen and oxygen atoms in total. The van der Waals surface area contributed by atoms with Gasteiger partial charge in [-0.1, -0.05) is 29.7 Å². The van der Waals surface area contributed by atoms with Crippen molar-refractivity contribution in [3.05, 3.63) is 40.5 Å². The van der Waals surface area contributed by atoms with Gasteiger partial charge >= 0.3 is 0 Å². The number of halogens is 1. The lowest BCUT2D eigenvalue weighted by atomic mass is 10.1. The minimum Gasteiger partial charge on any atom is -0.482 e. The predicted molar refractivity (Wildman–Crippen MR) is 76.7 cm³/mol. The molecule has 1 unspecified atom stereocenters. The number of nitrogens with zero attached hydrogens (tertiary/aromatic N) is 2. The molecule has 20 heavy (non-hydrogen) atoms. The van der Waals surface area contributed by atoms with Crippen LogP contribution in [-0.2, 0) is 13.0 Å². The Morgan fingerprint density at radius 3 is 2.90 bits per heavy atom. The van der Waals surface area contributed by atoms with Crippen LogP contribution in [0.1, 0.15) is 43.6 Å². The molecule has 2 N–H and O–H groups in total. The van der Waals surface area contributed by atoms with E-state index in [1.54, 1.807) is 12.1 Å². The fourth-order valence-corrected chi connectivity index (χ4v) is 1.97. The molecular formula is C14H18ClN3O2. The molecule has 2 aromatic rings. The second-order valence-corrected chi connectivity index (χ2v) is 5.03. The molecule has 0 fully saturated rings. The summed E-state index contributed by atoms with van der Waals surface area (Å²) in [6.45, 7) is 4.17. The zero-order valence-electron chi connectivity index (χ0n) is 11.6. The summed E-state index contributed by atoms with van der Waals surface area (Å²) in [5.41, 5.74) is 6.76. The number of hydrogen-bond acceptors (Lipinski definition) is 5. The van der Waals surface area contributed by atoms with Crippen LogP contribution in [0, 0.1) is 0 Å². The van der Waals surface area contributed by atoms with E-state index in [0.29, 0.717) is 22.5 Å². The zero-order chi connectivity index (χ0) is 14.5.